The smallest absolute Gasteiger partial charge is 0.218 e. The van der Waals surface area contributed by atoms with Gasteiger partial charge in [0.25, 0.3) is 0 Å². The van der Waals surface area contributed by atoms with Crippen LogP contribution in [0, 0.1) is 5.82 Å². The van der Waals surface area contributed by atoms with E-state index in [2.05, 4.69) is 10.2 Å². The molecule has 130 valence electrons. The molecule has 1 unspecified atom stereocenters. The molecule has 1 aromatic carbocycles. The molecule has 0 saturated carbocycles. The Morgan fingerprint density at radius 1 is 1.13 bits per heavy atom. The first-order valence-corrected chi connectivity index (χ1v) is 9.32. The standard InChI is InChI=1S/C15H22FN3O2S.ClH/c16-14-3-1-13(2-4-14)12-22(20,21)19-9-7-18(8-10-19)15-5-6-17-11-15;/h1-4,15,17H,5-12H2;1H. The van der Waals surface area contributed by atoms with Crippen LogP contribution in [-0.2, 0) is 15.8 Å². The topological polar surface area (TPSA) is 52.7 Å². The predicted octanol–water partition coefficient (Wildman–Crippen LogP) is 1.06. The summed E-state index contributed by atoms with van der Waals surface area (Å²) < 4.78 is 39.4. The first-order chi connectivity index (χ1) is 10.5. The second kappa shape index (κ2) is 7.90. The largest absolute Gasteiger partial charge is 0.315 e. The molecule has 0 spiro atoms. The van der Waals surface area contributed by atoms with Crippen molar-refractivity contribution in [3.63, 3.8) is 0 Å². The minimum Gasteiger partial charge on any atom is -0.315 e. The Labute approximate surface area is 143 Å². The van der Waals surface area contributed by atoms with Crippen LogP contribution in [0.15, 0.2) is 24.3 Å². The van der Waals surface area contributed by atoms with E-state index in [0.29, 0.717) is 24.7 Å². The summed E-state index contributed by atoms with van der Waals surface area (Å²) in [5.41, 5.74) is 0.629. The molecule has 1 N–H and O–H groups in total. The Morgan fingerprint density at radius 2 is 1.78 bits per heavy atom. The van der Waals surface area contributed by atoms with Crippen LogP contribution < -0.4 is 5.32 Å². The third-order valence-electron chi connectivity index (χ3n) is 4.48. The van der Waals surface area contributed by atoms with Crippen LogP contribution >= 0.6 is 12.4 Å². The van der Waals surface area contributed by atoms with Crippen molar-refractivity contribution < 1.29 is 12.8 Å². The number of nitrogens with zero attached hydrogens (tertiary/aromatic N) is 2. The molecule has 5 nitrogen and oxygen atoms in total. The lowest BCUT2D eigenvalue weighted by atomic mass is 10.2. The van der Waals surface area contributed by atoms with Crippen LogP contribution in [-0.4, -0.2) is 62.9 Å². The van der Waals surface area contributed by atoms with Gasteiger partial charge in [0.2, 0.25) is 10.0 Å². The van der Waals surface area contributed by atoms with Gasteiger partial charge >= 0.3 is 0 Å². The average molecular weight is 364 g/mol. The summed E-state index contributed by atoms with van der Waals surface area (Å²) in [6.07, 6.45) is 1.14. The quantitative estimate of drug-likeness (QED) is 0.869. The molecule has 0 bridgehead atoms. The van der Waals surface area contributed by atoms with Crippen molar-refractivity contribution in [1.82, 2.24) is 14.5 Å². The molecule has 2 saturated heterocycles. The van der Waals surface area contributed by atoms with E-state index in [1.54, 1.807) is 4.31 Å². The molecule has 23 heavy (non-hydrogen) atoms. The zero-order valence-electron chi connectivity index (χ0n) is 12.9. The van der Waals surface area contributed by atoms with E-state index in [9.17, 15) is 12.8 Å². The third-order valence-corrected chi connectivity index (χ3v) is 6.33. The van der Waals surface area contributed by atoms with Gasteiger partial charge in [-0.25, -0.2) is 12.8 Å². The molecule has 8 heteroatoms. The summed E-state index contributed by atoms with van der Waals surface area (Å²) in [5, 5.41) is 3.34. The number of hydrogen-bond donors (Lipinski definition) is 1. The molecule has 1 aromatic rings. The molecule has 2 aliphatic rings. The Hall–Kier alpha value is -0.730. The third kappa shape index (κ3) is 4.64. The van der Waals surface area contributed by atoms with E-state index in [1.165, 1.54) is 24.3 Å². The van der Waals surface area contributed by atoms with Gasteiger partial charge in [-0.2, -0.15) is 4.31 Å². The van der Waals surface area contributed by atoms with Crippen molar-refractivity contribution in [2.75, 3.05) is 39.3 Å². The molecule has 1 atom stereocenters. The SMILES string of the molecule is Cl.O=S(=O)(Cc1ccc(F)cc1)N1CCN(C2CCNC2)CC1. The lowest BCUT2D eigenvalue weighted by molar-refractivity contribution is 0.145. The van der Waals surface area contributed by atoms with Crippen molar-refractivity contribution in [1.29, 1.82) is 0 Å². The molecule has 0 aliphatic carbocycles. The van der Waals surface area contributed by atoms with Gasteiger partial charge in [0.05, 0.1) is 5.75 Å². The van der Waals surface area contributed by atoms with E-state index < -0.39 is 10.0 Å². The highest BCUT2D eigenvalue weighted by Crippen LogP contribution is 2.17. The van der Waals surface area contributed by atoms with E-state index in [0.717, 1.165) is 32.6 Å². The van der Waals surface area contributed by atoms with Gasteiger partial charge in [0.1, 0.15) is 5.82 Å². The fraction of sp³-hybridized carbons (Fsp3) is 0.600. The Balaban J connectivity index is 0.00000192. The van der Waals surface area contributed by atoms with Gasteiger partial charge in [-0.05, 0) is 30.7 Å². The van der Waals surface area contributed by atoms with E-state index in [1.807, 2.05) is 0 Å². The van der Waals surface area contributed by atoms with Crippen LogP contribution in [0.5, 0.6) is 0 Å². The molecule has 2 aliphatic heterocycles. The number of halogens is 2. The normalized spacial score (nSPS) is 23.6. The Bertz CT molecular complexity index is 598. The van der Waals surface area contributed by atoms with Gasteiger partial charge in [0, 0.05) is 38.8 Å². The van der Waals surface area contributed by atoms with Gasteiger partial charge in [-0.1, -0.05) is 12.1 Å². The molecule has 0 radical (unpaired) electrons. The second-order valence-corrected chi connectivity index (χ2v) is 7.93. The number of hydrogen-bond acceptors (Lipinski definition) is 4. The minimum absolute atomic E-state index is 0. The molecule has 2 fully saturated rings. The van der Waals surface area contributed by atoms with Gasteiger partial charge in [0.15, 0.2) is 0 Å². The Kier molecular flexibility index (Phi) is 6.39. The van der Waals surface area contributed by atoms with Gasteiger partial charge in [-0.15, -0.1) is 12.4 Å². The monoisotopic (exact) mass is 363 g/mol. The van der Waals surface area contributed by atoms with Crippen LogP contribution in [0.2, 0.25) is 0 Å². The predicted molar refractivity (Wildman–Crippen MR) is 90.7 cm³/mol. The molecular formula is C15H23ClFN3O2S. The molecule has 0 aromatic heterocycles. The molecule has 3 rings (SSSR count). The summed E-state index contributed by atoms with van der Waals surface area (Å²) in [7, 11) is -3.33. The Morgan fingerprint density at radius 3 is 2.35 bits per heavy atom. The maximum absolute atomic E-state index is 12.9. The lowest BCUT2D eigenvalue weighted by Crippen LogP contribution is -2.52. The van der Waals surface area contributed by atoms with Crippen LogP contribution in [0.1, 0.15) is 12.0 Å². The van der Waals surface area contributed by atoms with Crippen LogP contribution in [0.4, 0.5) is 4.39 Å². The summed E-state index contributed by atoms with van der Waals surface area (Å²) in [6, 6.07) is 6.22. The zero-order valence-corrected chi connectivity index (χ0v) is 14.6. The summed E-state index contributed by atoms with van der Waals surface area (Å²) >= 11 is 0. The van der Waals surface area contributed by atoms with Crippen molar-refractivity contribution in [2.45, 2.75) is 18.2 Å². The zero-order chi connectivity index (χ0) is 15.6. The van der Waals surface area contributed by atoms with Gasteiger partial charge in [-0.3, -0.25) is 4.90 Å². The summed E-state index contributed by atoms with van der Waals surface area (Å²) in [6.45, 7) is 4.71. The number of piperazine rings is 1. The van der Waals surface area contributed by atoms with E-state index in [4.69, 9.17) is 0 Å². The summed E-state index contributed by atoms with van der Waals surface area (Å²) in [4.78, 5) is 2.38. The fourth-order valence-electron chi connectivity index (χ4n) is 3.18. The first-order valence-electron chi connectivity index (χ1n) is 7.72. The summed E-state index contributed by atoms with van der Waals surface area (Å²) in [5.74, 6) is -0.405. The van der Waals surface area contributed by atoms with Crippen molar-refractivity contribution in [3.05, 3.63) is 35.6 Å². The van der Waals surface area contributed by atoms with Crippen LogP contribution in [0.25, 0.3) is 0 Å². The van der Waals surface area contributed by atoms with E-state index in [-0.39, 0.29) is 24.0 Å². The molecule has 2 heterocycles. The number of benzene rings is 1. The van der Waals surface area contributed by atoms with Crippen LogP contribution in [0.3, 0.4) is 0 Å². The van der Waals surface area contributed by atoms with E-state index >= 15 is 0 Å². The number of sulfonamides is 1. The number of nitrogens with one attached hydrogen (secondary N) is 1. The molecular weight excluding hydrogens is 341 g/mol. The maximum Gasteiger partial charge on any atom is 0.218 e. The lowest BCUT2D eigenvalue weighted by Gasteiger charge is -2.37. The first kappa shape index (κ1) is 18.6. The maximum atomic E-state index is 12.9. The number of rotatable bonds is 4. The van der Waals surface area contributed by atoms with Crippen molar-refractivity contribution in [2.24, 2.45) is 0 Å². The highest BCUT2D eigenvalue weighted by molar-refractivity contribution is 7.88. The van der Waals surface area contributed by atoms with Crippen molar-refractivity contribution >= 4 is 22.4 Å². The average Bonchev–Trinajstić information content (AvgIpc) is 3.04. The second-order valence-electron chi connectivity index (χ2n) is 5.96. The molecule has 0 amide bonds. The van der Waals surface area contributed by atoms with Gasteiger partial charge < -0.3 is 5.32 Å². The highest BCUT2D eigenvalue weighted by atomic mass is 35.5. The minimum atomic E-state index is -3.33. The van der Waals surface area contributed by atoms with Crippen molar-refractivity contribution in [3.8, 4) is 0 Å². The highest BCUT2D eigenvalue weighted by Gasteiger charge is 2.30. The fourth-order valence-corrected chi connectivity index (χ4v) is 4.70.